The summed E-state index contributed by atoms with van der Waals surface area (Å²) in [5, 5.41) is 17.9. The van der Waals surface area contributed by atoms with E-state index in [-0.39, 0.29) is 17.4 Å². The Kier molecular flexibility index (Phi) is 6.75. The number of tetrazole rings is 1. The minimum atomic E-state index is -3.33. The first-order valence-electron chi connectivity index (χ1n) is 12.2. The Hall–Kier alpha value is -3.32. The molecule has 2 fully saturated rings. The average molecular weight is 515 g/mol. The van der Waals surface area contributed by atoms with E-state index in [9.17, 15) is 13.2 Å². The van der Waals surface area contributed by atoms with Crippen LogP contribution < -0.4 is 15.2 Å². The van der Waals surface area contributed by atoms with Crippen LogP contribution in [0.15, 0.2) is 35.3 Å². The summed E-state index contributed by atoms with van der Waals surface area (Å²) < 4.78 is 34.3. The maximum atomic E-state index is 13.6. The number of H-pyrrole nitrogens is 1. The normalized spacial score (nSPS) is 17.7. The van der Waals surface area contributed by atoms with Gasteiger partial charge in [-0.1, -0.05) is 0 Å². The summed E-state index contributed by atoms with van der Waals surface area (Å²) in [5.74, 6) is 0.723. The first-order valence-corrected chi connectivity index (χ1v) is 13.7. The van der Waals surface area contributed by atoms with Gasteiger partial charge in [-0.15, -0.1) is 10.2 Å². The maximum absolute atomic E-state index is 13.6. The molecule has 3 heterocycles. The third-order valence-electron chi connectivity index (χ3n) is 6.75. The molecule has 192 valence electrons. The summed E-state index contributed by atoms with van der Waals surface area (Å²) in [5.41, 5.74) is 1.61. The van der Waals surface area contributed by atoms with Crippen molar-refractivity contribution in [2.45, 2.75) is 50.9 Å². The summed E-state index contributed by atoms with van der Waals surface area (Å²) in [4.78, 5) is 15.6. The van der Waals surface area contributed by atoms with Gasteiger partial charge in [-0.3, -0.25) is 4.79 Å². The van der Waals surface area contributed by atoms with Crippen molar-refractivity contribution in [3.8, 4) is 22.8 Å². The SMILES string of the molecule is CC(C)S(=O)(=O)N1CCN(c2cnn(-c3ccc(-c4nn[nH]n4)cc3)c(=O)c2OC2CCCC2)CC1. The second kappa shape index (κ2) is 9.97. The molecule has 3 aromatic rings. The van der Waals surface area contributed by atoms with Crippen LogP contribution in [0.4, 0.5) is 5.69 Å². The second-order valence-corrected chi connectivity index (χ2v) is 11.9. The van der Waals surface area contributed by atoms with Crippen molar-refractivity contribution >= 4 is 15.7 Å². The molecule has 0 atom stereocenters. The molecule has 0 spiro atoms. The number of nitrogens with zero attached hydrogens (tertiary/aromatic N) is 7. The number of aromatic nitrogens is 6. The van der Waals surface area contributed by atoms with Crippen LogP contribution in [0.25, 0.3) is 17.1 Å². The van der Waals surface area contributed by atoms with Gasteiger partial charge < -0.3 is 9.64 Å². The van der Waals surface area contributed by atoms with Gasteiger partial charge in [-0.2, -0.15) is 19.3 Å². The van der Waals surface area contributed by atoms with Crippen LogP contribution in [0, 0.1) is 0 Å². The van der Waals surface area contributed by atoms with Gasteiger partial charge in [0.2, 0.25) is 21.6 Å². The number of rotatable bonds is 7. The van der Waals surface area contributed by atoms with Gasteiger partial charge in [0.25, 0.3) is 0 Å². The second-order valence-electron chi connectivity index (χ2n) is 9.36. The third-order valence-corrected chi connectivity index (χ3v) is 9.03. The molecule has 1 saturated carbocycles. The fraction of sp³-hybridized carbons (Fsp3) is 0.522. The van der Waals surface area contributed by atoms with Crippen LogP contribution in [-0.4, -0.2) is 80.7 Å². The molecule has 1 saturated heterocycles. The lowest BCUT2D eigenvalue weighted by molar-refractivity contribution is 0.205. The van der Waals surface area contributed by atoms with E-state index in [2.05, 4.69) is 25.7 Å². The number of ether oxygens (including phenoxy) is 1. The van der Waals surface area contributed by atoms with E-state index in [1.165, 1.54) is 8.99 Å². The Bertz CT molecular complexity index is 1340. The first-order chi connectivity index (χ1) is 17.3. The molecule has 1 N–H and O–H groups in total. The van der Waals surface area contributed by atoms with Gasteiger partial charge >= 0.3 is 5.56 Å². The third kappa shape index (κ3) is 4.72. The molecule has 2 aliphatic rings. The molecule has 1 aliphatic heterocycles. The molecule has 2 aromatic heterocycles. The highest BCUT2D eigenvalue weighted by molar-refractivity contribution is 7.89. The summed E-state index contributed by atoms with van der Waals surface area (Å²) in [6.07, 6.45) is 5.58. The van der Waals surface area contributed by atoms with Gasteiger partial charge in [0.15, 0.2) is 0 Å². The quantitative estimate of drug-likeness (QED) is 0.498. The Balaban J connectivity index is 1.44. The fourth-order valence-electron chi connectivity index (χ4n) is 4.64. The molecule has 0 amide bonds. The molecule has 0 bridgehead atoms. The Labute approximate surface area is 209 Å². The Morgan fingerprint density at radius 2 is 1.75 bits per heavy atom. The van der Waals surface area contributed by atoms with Gasteiger partial charge in [0.05, 0.1) is 23.2 Å². The minimum absolute atomic E-state index is 0.0180. The molecule has 0 radical (unpaired) electrons. The van der Waals surface area contributed by atoms with Gasteiger partial charge in [0, 0.05) is 31.7 Å². The van der Waals surface area contributed by atoms with E-state index in [1.807, 2.05) is 4.90 Å². The number of hydrogen-bond acceptors (Lipinski definition) is 9. The van der Waals surface area contributed by atoms with E-state index >= 15 is 0 Å². The van der Waals surface area contributed by atoms with Crippen molar-refractivity contribution in [3.63, 3.8) is 0 Å². The van der Waals surface area contributed by atoms with Crippen LogP contribution in [-0.2, 0) is 10.0 Å². The molecule has 12 nitrogen and oxygen atoms in total. The summed E-state index contributed by atoms with van der Waals surface area (Å²) >= 11 is 0. The van der Waals surface area contributed by atoms with E-state index in [0.717, 1.165) is 31.2 Å². The minimum Gasteiger partial charge on any atom is -0.483 e. The zero-order valence-corrected chi connectivity index (χ0v) is 21.2. The van der Waals surface area contributed by atoms with Gasteiger partial charge in [-0.05, 0) is 69.0 Å². The number of aromatic amines is 1. The van der Waals surface area contributed by atoms with Crippen LogP contribution in [0.2, 0.25) is 0 Å². The lowest BCUT2D eigenvalue weighted by Crippen LogP contribution is -2.50. The first kappa shape index (κ1) is 24.4. The fourth-order valence-corrected chi connectivity index (χ4v) is 5.91. The van der Waals surface area contributed by atoms with Crippen LogP contribution in [0.3, 0.4) is 0 Å². The summed E-state index contributed by atoms with van der Waals surface area (Å²) in [6.45, 7) is 4.99. The number of piperazine rings is 1. The lowest BCUT2D eigenvalue weighted by Gasteiger charge is -2.36. The average Bonchev–Trinajstić information content (AvgIpc) is 3.60. The van der Waals surface area contributed by atoms with Gasteiger partial charge in [0.1, 0.15) is 5.69 Å². The molecule has 1 aromatic carbocycles. The predicted octanol–water partition coefficient (Wildman–Crippen LogP) is 1.59. The van der Waals surface area contributed by atoms with E-state index < -0.39 is 15.3 Å². The molecular formula is C23H30N8O4S. The van der Waals surface area contributed by atoms with Crippen LogP contribution >= 0.6 is 0 Å². The molecule has 36 heavy (non-hydrogen) atoms. The van der Waals surface area contributed by atoms with E-state index in [1.54, 1.807) is 44.3 Å². The molecule has 1 aliphatic carbocycles. The van der Waals surface area contributed by atoms with Crippen molar-refractivity contribution in [3.05, 3.63) is 40.8 Å². The predicted molar refractivity (Wildman–Crippen MR) is 134 cm³/mol. The maximum Gasteiger partial charge on any atom is 0.316 e. The monoisotopic (exact) mass is 514 g/mol. The lowest BCUT2D eigenvalue weighted by atomic mass is 10.2. The van der Waals surface area contributed by atoms with Crippen molar-refractivity contribution in [2.24, 2.45) is 0 Å². The number of sulfonamides is 1. The Morgan fingerprint density at radius 1 is 1.06 bits per heavy atom. The van der Waals surface area contributed by atoms with E-state index in [0.29, 0.717) is 43.4 Å². The number of nitrogens with one attached hydrogen (secondary N) is 1. The van der Waals surface area contributed by atoms with Crippen LogP contribution in [0.1, 0.15) is 39.5 Å². The zero-order chi connectivity index (χ0) is 25.3. The number of hydrogen-bond donors (Lipinski definition) is 1. The smallest absolute Gasteiger partial charge is 0.316 e. The van der Waals surface area contributed by atoms with Crippen LogP contribution in [0.5, 0.6) is 5.75 Å². The van der Waals surface area contributed by atoms with Crippen molar-refractivity contribution in [2.75, 3.05) is 31.1 Å². The van der Waals surface area contributed by atoms with Crippen molar-refractivity contribution < 1.29 is 13.2 Å². The molecule has 0 unspecified atom stereocenters. The van der Waals surface area contributed by atoms with Gasteiger partial charge in [-0.25, -0.2) is 8.42 Å². The van der Waals surface area contributed by atoms with Crippen molar-refractivity contribution in [1.29, 1.82) is 0 Å². The molecule has 13 heteroatoms. The molecular weight excluding hydrogens is 484 g/mol. The summed E-state index contributed by atoms with van der Waals surface area (Å²) in [6, 6.07) is 7.14. The van der Waals surface area contributed by atoms with E-state index in [4.69, 9.17) is 4.74 Å². The highest BCUT2D eigenvalue weighted by atomic mass is 32.2. The molecule has 5 rings (SSSR count). The highest BCUT2D eigenvalue weighted by Crippen LogP contribution is 2.30. The Morgan fingerprint density at radius 3 is 2.36 bits per heavy atom. The van der Waals surface area contributed by atoms with Crippen molar-refractivity contribution in [1.82, 2.24) is 34.7 Å². The number of benzene rings is 1. The highest BCUT2D eigenvalue weighted by Gasteiger charge is 2.32. The zero-order valence-electron chi connectivity index (χ0n) is 20.4. The topological polar surface area (TPSA) is 139 Å². The summed E-state index contributed by atoms with van der Waals surface area (Å²) in [7, 11) is -3.33. The number of anilines is 1. The standard InChI is InChI=1S/C23H30N8O4S/c1-16(2)36(33,34)30-13-11-29(12-14-30)20-15-24-31(23(32)21(20)35-19-5-3-4-6-19)18-9-7-17(8-10-18)22-25-27-28-26-22/h7-10,15-16,19H,3-6,11-14H2,1-2H3,(H,25,26,27,28). The largest absolute Gasteiger partial charge is 0.483 e.